The maximum Gasteiger partial charge on any atom is 0.266 e. The van der Waals surface area contributed by atoms with Gasteiger partial charge in [0.1, 0.15) is 4.88 Å². The van der Waals surface area contributed by atoms with Crippen molar-refractivity contribution in [1.29, 1.82) is 0 Å². The van der Waals surface area contributed by atoms with Crippen LogP contribution in [0.3, 0.4) is 0 Å². The first kappa shape index (κ1) is 10.4. The highest BCUT2D eigenvalue weighted by Crippen LogP contribution is 2.21. The van der Waals surface area contributed by atoms with Crippen LogP contribution in [0.5, 0.6) is 0 Å². The Kier molecular flexibility index (Phi) is 2.86. The van der Waals surface area contributed by atoms with Crippen LogP contribution in [-0.2, 0) is 0 Å². The molecule has 0 fully saturated rings. The first-order chi connectivity index (χ1) is 7.20. The molecule has 2 rings (SSSR count). The van der Waals surface area contributed by atoms with E-state index in [4.69, 9.17) is 0 Å². The number of aromatic nitrogens is 1. The summed E-state index contributed by atoms with van der Waals surface area (Å²) in [6, 6.07) is 2.02. The van der Waals surface area contributed by atoms with Gasteiger partial charge in [0.25, 0.3) is 5.91 Å². The fraction of sp³-hybridized carbons (Fsp3) is 0.455. The van der Waals surface area contributed by atoms with Crippen molar-refractivity contribution in [3.05, 3.63) is 29.3 Å². The summed E-state index contributed by atoms with van der Waals surface area (Å²) in [5.41, 5.74) is 0. The highest BCUT2D eigenvalue weighted by Gasteiger charge is 2.28. The van der Waals surface area contributed by atoms with Crippen LogP contribution in [0.2, 0.25) is 0 Å². The zero-order chi connectivity index (χ0) is 10.8. The molecule has 0 spiro atoms. The van der Waals surface area contributed by atoms with Crippen molar-refractivity contribution in [2.45, 2.75) is 19.9 Å². The van der Waals surface area contributed by atoms with E-state index in [-0.39, 0.29) is 11.9 Å². The van der Waals surface area contributed by atoms with Crippen molar-refractivity contribution in [2.75, 3.05) is 6.54 Å². The highest BCUT2D eigenvalue weighted by molar-refractivity contribution is 7.08. The third-order valence-electron chi connectivity index (χ3n) is 2.59. The first-order valence-corrected chi connectivity index (χ1v) is 5.86. The van der Waals surface area contributed by atoms with Crippen LogP contribution >= 0.6 is 11.5 Å². The second-order valence-corrected chi connectivity index (χ2v) is 4.83. The minimum absolute atomic E-state index is 0.0983. The summed E-state index contributed by atoms with van der Waals surface area (Å²) >= 11 is 1.26. The predicted octanol–water partition coefficient (Wildman–Crippen LogP) is 2.18. The Morgan fingerprint density at radius 1 is 1.67 bits per heavy atom. The monoisotopic (exact) mass is 222 g/mol. The first-order valence-electron chi connectivity index (χ1n) is 5.08. The zero-order valence-electron chi connectivity index (χ0n) is 8.88. The number of carbonyl (C=O) groups excluding carboxylic acids is 1. The minimum Gasteiger partial charge on any atom is -0.327 e. The fourth-order valence-corrected chi connectivity index (χ4v) is 2.36. The lowest BCUT2D eigenvalue weighted by Gasteiger charge is -2.26. The van der Waals surface area contributed by atoms with E-state index in [1.807, 2.05) is 4.90 Å². The maximum atomic E-state index is 12.1. The van der Waals surface area contributed by atoms with E-state index in [1.54, 1.807) is 12.3 Å². The van der Waals surface area contributed by atoms with Gasteiger partial charge in [-0.3, -0.25) is 4.79 Å². The zero-order valence-corrected chi connectivity index (χ0v) is 9.70. The van der Waals surface area contributed by atoms with Crippen LogP contribution in [0.4, 0.5) is 0 Å². The van der Waals surface area contributed by atoms with Gasteiger partial charge in [0.2, 0.25) is 0 Å². The van der Waals surface area contributed by atoms with Crippen molar-refractivity contribution in [2.24, 2.45) is 5.92 Å². The molecule has 0 aromatic carbocycles. The number of carbonyl (C=O) groups is 1. The molecular weight excluding hydrogens is 208 g/mol. The van der Waals surface area contributed by atoms with Crippen molar-refractivity contribution < 1.29 is 4.79 Å². The Bertz CT molecular complexity index is 370. The van der Waals surface area contributed by atoms with E-state index in [2.05, 4.69) is 30.4 Å². The molecule has 1 aromatic rings. The van der Waals surface area contributed by atoms with E-state index in [0.717, 1.165) is 11.4 Å². The third kappa shape index (κ3) is 1.95. The van der Waals surface area contributed by atoms with Crippen LogP contribution in [0.25, 0.3) is 0 Å². The average Bonchev–Trinajstić information content (AvgIpc) is 2.88. The summed E-state index contributed by atoms with van der Waals surface area (Å²) in [4.78, 5) is 14.7. The van der Waals surface area contributed by atoms with E-state index in [0.29, 0.717) is 5.92 Å². The van der Waals surface area contributed by atoms with Gasteiger partial charge < -0.3 is 4.90 Å². The number of amides is 1. The molecule has 0 radical (unpaired) electrons. The van der Waals surface area contributed by atoms with Gasteiger partial charge in [0.05, 0.1) is 6.04 Å². The molecule has 0 saturated carbocycles. The van der Waals surface area contributed by atoms with Crippen molar-refractivity contribution in [1.82, 2.24) is 9.27 Å². The van der Waals surface area contributed by atoms with Gasteiger partial charge in [-0.2, -0.15) is 0 Å². The molecule has 2 heterocycles. The van der Waals surface area contributed by atoms with Gasteiger partial charge in [0, 0.05) is 12.7 Å². The Labute approximate surface area is 93.6 Å². The summed E-state index contributed by atoms with van der Waals surface area (Å²) in [7, 11) is 0. The van der Waals surface area contributed by atoms with Crippen molar-refractivity contribution in [3.63, 3.8) is 0 Å². The number of hydrogen-bond acceptors (Lipinski definition) is 3. The Hall–Kier alpha value is -1.16. The topological polar surface area (TPSA) is 33.2 Å². The van der Waals surface area contributed by atoms with E-state index < -0.39 is 0 Å². The molecule has 0 aliphatic carbocycles. The molecule has 1 aliphatic rings. The van der Waals surface area contributed by atoms with Gasteiger partial charge in [0.15, 0.2) is 0 Å². The maximum absolute atomic E-state index is 12.1. The van der Waals surface area contributed by atoms with Crippen LogP contribution in [0.15, 0.2) is 24.4 Å². The van der Waals surface area contributed by atoms with E-state index in [1.165, 1.54) is 11.5 Å². The molecule has 1 amide bonds. The lowest BCUT2D eigenvalue weighted by Crippen LogP contribution is -2.38. The van der Waals surface area contributed by atoms with E-state index in [9.17, 15) is 4.79 Å². The number of nitrogens with zero attached hydrogens (tertiary/aromatic N) is 2. The van der Waals surface area contributed by atoms with Gasteiger partial charge in [-0.05, 0) is 23.5 Å². The summed E-state index contributed by atoms with van der Waals surface area (Å²) < 4.78 is 3.96. The number of hydrogen-bond donors (Lipinski definition) is 0. The molecule has 3 nitrogen and oxygen atoms in total. The molecule has 1 aromatic heterocycles. The molecule has 0 bridgehead atoms. The standard InChI is InChI=1S/C11H14N2OS/c1-8(2)9-4-3-7-13(9)11(14)10-5-6-12-15-10/h3-6,8-9H,7H2,1-2H3. The van der Waals surface area contributed by atoms with E-state index >= 15 is 0 Å². The van der Waals surface area contributed by atoms with Crippen LogP contribution in [-0.4, -0.2) is 27.8 Å². The van der Waals surface area contributed by atoms with Gasteiger partial charge >= 0.3 is 0 Å². The molecule has 0 saturated heterocycles. The SMILES string of the molecule is CC(C)C1C=CCN1C(=O)c1ccns1. The highest BCUT2D eigenvalue weighted by atomic mass is 32.1. The molecular formula is C11H14N2OS. The molecule has 1 unspecified atom stereocenters. The number of rotatable bonds is 2. The molecule has 1 atom stereocenters. The summed E-state index contributed by atoms with van der Waals surface area (Å²) in [6.07, 6.45) is 5.85. The lowest BCUT2D eigenvalue weighted by atomic mass is 10.0. The smallest absolute Gasteiger partial charge is 0.266 e. The van der Waals surface area contributed by atoms with Crippen LogP contribution < -0.4 is 0 Å². The average molecular weight is 222 g/mol. The normalized spacial score (nSPS) is 20.2. The lowest BCUT2D eigenvalue weighted by molar-refractivity contribution is 0.0725. The minimum atomic E-state index is 0.0983. The predicted molar refractivity (Wildman–Crippen MR) is 60.9 cm³/mol. The van der Waals surface area contributed by atoms with Gasteiger partial charge in [-0.1, -0.05) is 26.0 Å². The van der Waals surface area contributed by atoms with Crippen LogP contribution in [0, 0.1) is 5.92 Å². The molecule has 15 heavy (non-hydrogen) atoms. The van der Waals surface area contributed by atoms with Crippen molar-refractivity contribution >= 4 is 17.4 Å². The molecule has 1 aliphatic heterocycles. The second-order valence-electron chi connectivity index (χ2n) is 4.00. The van der Waals surface area contributed by atoms with Crippen LogP contribution in [0.1, 0.15) is 23.5 Å². The van der Waals surface area contributed by atoms with Crippen molar-refractivity contribution in [3.8, 4) is 0 Å². The van der Waals surface area contributed by atoms with Gasteiger partial charge in [-0.25, -0.2) is 4.37 Å². The quantitative estimate of drug-likeness (QED) is 0.719. The molecule has 4 heteroatoms. The summed E-state index contributed by atoms with van der Waals surface area (Å²) in [5.74, 6) is 0.557. The van der Waals surface area contributed by atoms with Gasteiger partial charge in [-0.15, -0.1) is 0 Å². The fourth-order valence-electron chi connectivity index (χ4n) is 1.81. The largest absolute Gasteiger partial charge is 0.327 e. The summed E-state index contributed by atoms with van der Waals surface area (Å²) in [5, 5.41) is 0. The Morgan fingerprint density at radius 2 is 2.47 bits per heavy atom. The summed E-state index contributed by atoms with van der Waals surface area (Å²) in [6.45, 7) is 4.99. The Morgan fingerprint density at radius 3 is 3.07 bits per heavy atom. The molecule has 80 valence electrons. The Balaban J connectivity index is 2.15. The second kappa shape index (κ2) is 4.14. The third-order valence-corrected chi connectivity index (χ3v) is 3.32. The molecule has 0 N–H and O–H groups in total.